The molecule has 0 saturated carbocycles. The van der Waals surface area contributed by atoms with Gasteiger partial charge in [0.15, 0.2) is 0 Å². The van der Waals surface area contributed by atoms with E-state index < -0.39 is 5.54 Å². The van der Waals surface area contributed by atoms with Gasteiger partial charge in [-0.2, -0.15) is 0 Å². The first-order valence-corrected chi connectivity index (χ1v) is 9.53. The molecule has 2 unspecified atom stereocenters. The second-order valence-corrected chi connectivity index (χ2v) is 7.51. The molecular weight excluding hydrogens is 348 g/mol. The van der Waals surface area contributed by atoms with Crippen molar-refractivity contribution in [1.29, 1.82) is 0 Å². The quantitative estimate of drug-likeness (QED) is 0.833. The summed E-state index contributed by atoms with van der Waals surface area (Å²) in [6, 6.07) is 14.4. The number of nitrogens with zero attached hydrogens (tertiary/aromatic N) is 1. The number of benzene rings is 2. The zero-order valence-corrected chi connectivity index (χ0v) is 15.6. The molecule has 0 aliphatic carbocycles. The van der Waals surface area contributed by atoms with Crippen LogP contribution in [0.3, 0.4) is 0 Å². The fourth-order valence-electron chi connectivity index (χ4n) is 3.86. The van der Waals surface area contributed by atoms with Gasteiger partial charge in [-0.25, -0.2) is 4.99 Å². The van der Waals surface area contributed by atoms with Gasteiger partial charge in [-0.3, -0.25) is 0 Å². The van der Waals surface area contributed by atoms with Crippen LogP contribution in [0, 0.1) is 0 Å². The average molecular weight is 371 g/mol. The van der Waals surface area contributed by atoms with Gasteiger partial charge in [0, 0.05) is 17.0 Å². The molecule has 2 aromatic carbocycles. The molecule has 0 amide bonds. The van der Waals surface area contributed by atoms with Crippen LogP contribution in [-0.2, 0) is 10.3 Å². The SMILES string of the molecule is CCCCC1CC2(COC(N)=N2)c2cc(-c3cccc(Cl)c3)ccc2O1. The van der Waals surface area contributed by atoms with Gasteiger partial charge in [-0.05, 0) is 41.8 Å². The first kappa shape index (κ1) is 17.2. The Morgan fingerprint density at radius 1 is 1.23 bits per heavy atom. The van der Waals surface area contributed by atoms with E-state index in [-0.39, 0.29) is 12.1 Å². The summed E-state index contributed by atoms with van der Waals surface area (Å²) in [5.74, 6) is 0.880. The lowest BCUT2D eigenvalue weighted by Crippen LogP contribution is -2.38. The van der Waals surface area contributed by atoms with Crippen LogP contribution in [0.25, 0.3) is 11.1 Å². The van der Waals surface area contributed by atoms with Gasteiger partial charge in [0.05, 0.1) is 0 Å². The summed E-state index contributed by atoms with van der Waals surface area (Å²) < 4.78 is 11.9. The van der Waals surface area contributed by atoms with Crippen LogP contribution in [0.4, 0.5) is 0 Å². The minimum absolute atomic E-state index is 0.137. The van der Waals surface area contributed by atoms with Gasteiger partial charge in [0.2, 0.25) is 0 Å². The number of halogens is 1. The van der Waals surface area contributed by atoms with Crippen molar-refractivity contribution in [3.63, 3.8) is 0 Å². The molecule has 26 heavy (non-hydrogen) atoms. The third-order valence-electron chi connectivity index (χ3n) is 5.16. The van der Waals surface area contributed by atoms with Gasteiger partial charge in [0.25, 0.3) is 6.02 Å². The topological polar surface area (TPSA) is 56.8 Å². The molecule has 4 nitrogen and oxygen atoms in total. The third kappa shape index (κ3) is 3.14. The number of aliphatic imine (C=N–C) groups is 1. The van der Waals surface area contributed by atoms with E-state index in [0.717, 1.165) is 53.1 Å². The molecular formula is C21H23ClN2O2. The minimum Gasteiger partial charge on any atom is -0.490 e. The van der Waals surface area contributed by atoms with E-state index >= 15 is 0 Å². The highest BCUT2D eigenvalue weighted by molar-refractivity contribution is 6.30. The van der Waals surface area contributed by atoms with Crippen molar-refractivity contribution < 1.29 is 9.47 Å². The van der Waals surface area contributed by atoms with E-state index in [1.165, 1.54) is 0 Å². The molecule has 0 saturated heterocycles. The molecule has 0 radical (unpaired) electrons. The smallest absolute Gasteiger partial charge is 0.283 e. The molecule has 0 fully saturated rings. The van der Waals surface area contributed by atoms with Crippen LogP contribution < -0.4 is 10.5 Å². The predicted octanol–water partition coefficient (Wildman–Crippen LogP) is 4.89. The first-order valence-electron chi connectivity index (χ1n) is 9.15. The molecule has 2 N–H and O–H groups in total. The maximum Gasteiger partial charge on any atom is 0.283 e. The van der Waals surface area contributed by atoms with Crippen molar-refractivity contribution in [2.24, 2.45) is 10.7 Å². The Kier molecular flexibility index (Phi) is 4.53. The van der Waals surface area contributed by atoms with E-state index in [9.17, 15) is 0 Å². The molecule has 2 atom stereocenters. The number of rotatable bonds is 4. The molecule has 2 heterocycles. The number of nitrogens with two attached hydrogens (primary N) is 1. The largest absolute Gasteiger partial charge is 0.490 e. The van der Waals surface area contributed by atoms with E-state index in [1.807, 2.05) is 24.3 Å². The molecule has 2 aliphatic heterocycles. The highest BCUT2D eigenvalue weighted by Crippen LogP contribution is 2.46. The Morgan fingerprint density at radius 3 is 2.81 bits per heavy atom. The van der Waals surface area contributed by atoms with Gasteiger partial charge in [-0.15, -0.1) is 0 Å². The lowest BCUT2D eigenvalue weighted by molar-refractivity contribution is 0.0988. The Morgan fingerprint density at radius 2 is 2.08 bits per heavy atom. The standard InChI is InChI=1S/C21H23ClN2O2/c1-2-3-7-17-12-21(13-25-20(23)24-21)18-11-15(8-9-19(18)26-17)14-5-4-6-16(22)10-14/h4-6,8-11,17H,2-3,7,12-13H2,1H3,(H2,23,24). The molecule has 5 heteroatoms. The van der Waals surface area contributed by atoms with Crippen LogP contribution >= 0.6 is 11.6 Å². The van der Waals surface area contributed by atoms with Crippen LogP contribution in [0.2, 0.25) is 5.02 Å². The molecule has 0 bridgehead atoms. The zero-order chi connectivity index (χ0) is 18.1. The van der Waals surface area contributed by atoms with E-state index in [1.54, 1.807) is 0 Å². The average Bonchev–Trinajstić information content (AvgIpc) is 3.01. The predicted molar refractivity (Wildman–Crippen MR) is 105 cm³/mol. The maximum atomic E-state index is 6.28. The summed E-state index contributed by atoms with van der Waals surface area (Å²) in [7, 11) is 0. The molecule has 4 rings (SSSR count). The summed E-state index contributed by atoms with van der Waals surface area (Å²) >= 11 is 6.16. The normalized spacial score (nSPS) is 23.9. The molecule has 2 aliphatic rings. The Labute approximate surface area is 159 Å². The van der Waals surface area contributed by atoms with Crippen LogP contribution in [0.1, 0.15) is 38.2 Å². The lowest BCUT2D eigenvalue weighted by atomic mass is 9.81. The number of fused-ring (bicyclic) bond motifs is 2. The van der Waals surface area contributed by atoms with Gasteiger partial charge in [-0.1, -0.05) is 49.6 Å². The highest BCUT2D eigenvalue weighted by atomic mass is 35.5. The highest BCUT2D eigenvalue weighted by Gasteiger charge is 2.46. The first-order chi connectivity index (χ1) is 12.6. The summed E-state index contributed by atoms with van der Waals surface area (Å²) in [4.78, 5) is 4.70. The molecule has 136 valence electrons. The van der Waals surface area contributed by atoms with E-state index in [4.69, 9.17) is 31.8 Å². The van der Waals surface area contributed by atoms with Crippen LogP contribution in [0.5, 0.6) is 5.75 Å². The van der Waals surface area contributed by atoms with Gasteiger partial charge < -0.3 is 15.2 Å². The lowest BCUT2D eigenvalue weighted by Gasteiger charge is -2.37. The number of hydrogen-bond donors (Lipinski definition) is 1. The number of ether oxygens (including phenoxy) is 2. The Hall–Kier alpha value is -2.20. The second-order valence-electron chi connectivity index (χ2n) is 7.08. The van der Waals surface area contributed by atoms with Gasteiger partial charge >= 0.3 is 0 Å². The van der Waals surface area contributed by atoms with Crippen molar-refractivity contribution in [3.8, 4) is 16.9 Å². The second kappa shape index (κ2) is 6.84. The van der Waals surface area contributed by atoms with Crippen LogP contribution in [0.15, 0.2) is 47.5 Å². The van der Waals surface area contributed by atoms with Crippen molar-refractivity contribution in [2.45, 2.75) is 44.2 Å². The van der Waals surface area contributed by atoms with Gasteiger partial charge in [0.1, 0.15) is 24.0 Å². The summed E-state index contributed by atoms with van der Waals surface area (Å²) in [6.07, 6.45) is 4.23. The van der Waals surface area contributed by atoms with E-state index in [0.29, 0.717) is 6.61 Å². The monoisotopic (exact) mass is 370 g/mol. The third-order valence-corrected chi connectivity index (χ3v) is 5.40. The number of amidine groups is 1. The summed E-state index contributed by atoms with van der Waals surface area (Å²) in [5.41, 5.74) is 8.63. The van der Waals surface area contributed by atoms with Crippen molar-refractivity contribution in [3.05, 3.63) is 53.1 Å². The summed E-state index contributed by atoms with van der Waals surface area (Å²) in [6.45, 7) is 2.66. The van der Waals surface area contributed by atoms with Crippen molar-refractivity contribution >= 4 is 17.6 Å². The fraction of sp³-hybridized carbons (Fsp3) is 0.381. The molecule has 0 aromatic heterocycles. The van der Waals surface area contributed by atoms with E-state index in [2.05, 4.69) is 25.1 Å². The Balaban J connectivity index is 1.76. The summed E-state index contributed by atoms with van der Waals surface area (Å²) in [5, 5.41) is 0.720. The molecule has 2 aromatic rings. The van der Waals surface area contributed by atoms with Crippen molar-refractivity contribution in [1.82, 2.24) is 0 Å². The number of hydrogen-bond acceptors (Lipinski definition) is 4. The van der Waals surface area contributed by atoms with Crippen LogP contribution in [-0.4, -0.2) is 18.7 Å². The number of unbranched alkanes of at least 4 members (excludes halogenated alkanes) is 1. The maximum absolute atomic E-state index is 6.28. The zero-order valence-electron chi connectivity index (χ0n) is 14.9. The fourth-order valence-corrected chi connectivity index (χ4v) is 4.05. The Bertz CT molecular complexity index is 852. The minimum atomic E-state index is -0.454. The molecule has 1 spiro atoms. The van der Waals surface area contributed by atoms with Crippen molar-refractivity contribution in [2.75, 3.05) is 6.61 Å².